The van der Waals surface area contributed by atoms with Crippen LogP contribution < -0.4 is 5.32 Å². The molecule has 2 unspecified atom stereocenters. The highest BCUT2D eigenvalue weighted by atomic mass is 16.5. The van der Waals surface area contributed by atoms with Crippen molar-refractivity contribution in [3.8, 4) is 0 Å². The molecule has 2 atom stereocenters. The molecule has 3 heterocycles. The third-order valence-electron chi connectivity index (χ3n) is 4.15. The zero-order chi connectivity index (χ0) is 13.9. The Hall–Kier alpha value is -1.40. The Morgan fingerprint density at radius 3 is 3.20 bits per heavy atom. The lowest BCUT2D eigenvalue weighted by Gasteiger charge is -2.36. The van der Waals surface area contributed by atoms with Crippen molar-refractivity contribution in [3.05, 3.63) is 18.2 Å². The van der Waals surface area contributed by atoms with Crippen LogP contribution in [0.1, 0.15) is 31.1 Å². The van der Waals surface area contributed by atoms with Crippen LogP contribution in [0.4, 0.5) is 0 Å². The summed E-state index contributed by atoms with van der Waals surface area (Å²) in [6.07, 6.45) is 6.40. The van der Waals surface area contributed by atoms with Gasteiger partial charge in [0.2, 0.25) is 5.91 Å². The first-order valence-corrected chi connectivity index (χ1v) is 7.34. The van der Waals surface area contributed by atoms with Gasteiger partial charge in [-0.1, -0.05) is 0 Å². The number of nitrogens with one attached hydrogen (secondary N) is 1. The molecule has 6 heteroatoms. The number of aryl methyl sites for hydroxylation is 1. The van der Waals surface area contributed by atoms with E-state index in [9.17, 15) is 4.79 Å². The molecule has 3 rings (SSSR count). The predicted octanol–water partition coefficient (Wildman–Crippen LogP) is 0.462. The fourth-order valence-corrected chi connectivity index (χ4v) is 3.05. The van der Waals surface area contributed by atoms with E-state index in [2.05, 4.69) is 10.3 Å². The molecule has 0 aliphatic carbocycles. The van der Waals surface area contributed by atoms with E-state index in [1.165, 1.54) is 0 Å². The van der Waals surface area contributed by atoms with Gasteiger partial charge in [0.15, 0.2) is 0 Å². The number of carbonyl (C=O) groups excluding carboxylic acids is 1. The number of hydrogen-bond acceptors (Lipinski definition) is 4. The van der Waals surface area contributed by atoms with E-state index in [4.69, 9.17) is 4.74 Å². The Bertz CT molecular complexity index is 467. The molecule has 1 aromatic heterocycles. The van der Waals surface area contributed by atoms with Crippen LogP contribution in [-0.4, -0.2) is 52.7 Å². The van der Waals surface area contributed by atoms with E-state index in [0.717, 1.165) is 44.9 Å². The highest BCUT2D eigenvalue weighted by Crippen LogP contribution is 2.23. The minimum Gasteiger partial charge on any atom is -0.378 e. The quantitative estimate of drug-likeness (QED) is 0.873. The van der Waals surface area contributed by atoms with Gasteiger partial charge >= 0.3 is 0 Å². The predicted molar refractivity (Wildman–Crippen MR) is 74.1 cm³/mol. The van der Waals surface area contributed by atoms with Crippen molar-refractivity contribution in [2.45, 2.75) is 31.4 Å². The van der Waals surface area contributed by atoms with E-state index >= 15 is 0 Å². The van der Waals surface area contributed by atoms with Gasteiger partial charge in [-0.2, -0.15) is 0 Å². The van der Waals surface area contributed by atoms with Gasteiger partial charge < -0.3 is 19.5 Å². The lowest BCUT2D eigenvalue weighted by atomic mass is 10.1. The van der Waals surface area contributed by atoms with Gasteiger partial charge in [0.1, 0.15) is 11.9 Å². The topological polar surface area (TPSA) is 59.4 Å². The molecule has 2 fully saturated rings. The Kier molecular flexibility index (Phi) is 4.03. The molecule has 1 aromatic rings. The lowest BCUT2D eigenvalue weighted by Crippen LogP contribution is -2.50. The first-order valence-electron chi connectivity index (χ1n) is 7.34. The van der Waals surface area contributed by atoms with Crippen LogP contribution in [0.25, 0.3) is 0 Å². The first-order chi connectivity index (χ1) is 9.75. The van der Waals surface area contributed by atoms with Crippen molar-refractivity contribution in [3.63, 3.8) is 0 Å². The van der Waals surface area contributed by atoms with Crippen LogP contribution in [0.15, 0.2) is 12.4 Å². The molecule has 0 aromatic carbocycles. The molecule has 2 aliphatic heterocycles. The summed E-state index contributed by atoms with van der Waals surface area (Å²) in [5, 5.41) is 3.35. The number of aromatic nitrogens is 2. The summed E-state index contributed by atoms with van der Waals surface area (Å²) in [6, 6.07) is 0.0256. The fourth-order valence-electron chi connectivity index (χ4n) is 3.05. The van der Waals surface area contributed by atoms with Crippen LogP contribution in [0, 0.1) is 0 Å². The number of carbonyl (C=O) groups is 1. The second kappa shape index (κ2) is 5.93. The normalized spacial score (nSPS) is 26.9. The third kappa shape index (κ3) is 2.71. The highest BCUT2D eigenvalue weighted by molar-refractivity contribution is 5.77. The number of piperazine rings is 1. The van der Waals surface area contributed by atoms with Gasteiger partial charge in [-0.05, 0) is 12.8 Å². The second-order valence-corrected chi connectivity index (χ2v) is 5.54. The van der Waals surface area contributed by atoms with Gasteiger partial charge in [-0.25, -0.2) is 4.98 Å². The molecule has 2 aliphatic rings. The number of rotatable bonds is 3. The number of imidazole rings is 1. The minimum atomic E-state index is 0.0256. The highest BCUT2D eigenvalue weighted by Gasteiger charge is 2.32. The van der Waals surface area contributed by atoms with E-state index in [-0.39, 0.29) is 18.1 Å². The number of hydrogen-bond donors (Lipinski definition) is 1. The smallest absolute Gasteiger partial charge is 0.225 e. The monoisotopic (exact) mass is 278 g/mol. The number of nitrogens with zero attached hydrogens (tertiary/aromatic N) is 3. The summed E-state index contributed by atoms with van der Waals surface area (Å²) in [5.74, 6) is 1.13. The molecule has 6 nitrogen and oxygen atoms in total. The second-order valence-electron chi connectivity index (χ2n) is 5.54. The summed E-state index contributed by atoms with van der Waals surface area (Å²) in [6.45, 7) is 3.14. The van der Waals surface area contributed by atoms with Gasteiger partial charge in [-0.3, -0.25) is 4.79 Å². The van der Waals surface area contributed by atoms with Crippen molar-refractivity contribution in [1.82, 2.24) is 19.8 Å². The van der Waals surface area contributed by atoms with E-state index < -0.39 is 0 Å². The zero-order valence-corrected chi connectivity index (χ0v) is 11.9. The van der Waals surface area contributed by atoms with E-state index in [1.54, 1.807) is 6.20 Å². The summed E-state index contributed by atoms with van der Waals surface area (Å²) in [4.78, 5) is 18.9. The van der Waals surface area contributed by atoms with E-state index in [0.29, 0.717) is 6.42 Å². The van der Waals surface area contributed by atoms with Gasteiger partial charge in [0.25, 0.3) is 0 Å². The molecule has 1 amide bonds. The maximum absolute atomic E-state index is 12.6. The molecule has 0 radical (unpaired) electrons. The summed E-state index contributed by atoms with van der Waals surface area (Å²) in [5.41, 5.74) is 0. The first kappa shape index (κ1) is 13.6. The van der Waals surface area contributed by atoms with Crippen LogP contribution in [0.2, 0.25) is 0 Å². The average molecular weight is 278 g/mol. The van der Waals surface area contributed by atoms with E-state index in [1.807, 2.05) is 22.7 Å². The Labute approximate surface area is 119 Å². The van der Waals surface area contributed by atoms with Crippen molar-refractivity contribution in [2.24, 2.45) is 7.05 Å². The number of amides is 1. The maximum atomic E-state index is 12.6. The molecule has 0 bridgehead atoms. The van der Waals surface area contributed by atoms with Crippen molar-refractivity contribution >= 4 is 5.91 Å². The molecule has 20 heavy (non-hydrogen) atoms. The SMILES string of the molecule is Cn1ccnc1C1CNCCN1C(=O)CC1CCCO1. The third-order valence-corrected chi connectivity index (χ3v) is 4.15. The Morgan fingerprint density at radius 1 is 1.60 bits per heavy atom. The molecule has 1 N–H and O–H groups in total. The fraction of sp³-hybridized carbons (Fsp3) is 0.714. The summed E-state index contributed by atoms with van der Waals surface area (Å²) in [7, 11) is 1.97. The maximum Gasteiger partial charge on any atom is 0.225 e. The van der Waals surface area contributed by atoms with Crippen molar-refractivity contribution < 1.29 is 9.53 Å². The van der Waals surface area contributed by atoms with Crippen LogP contribution in [-0.2, 0) is 16.6 Å². The average Bonchev–Trinajstić information content (AvgIpc) is 3.10. The van der Waals surface area contributed by atoms with Crippen molar-refractivity contribution in [2.75, 3.05) is 26.2 Å². The largest absolute Gasteiger partial charge is 0.378 e. The summed E-state index contributed by atoms with van der Waals surface area (Å²) >= 11 is 0. The lowest BCUT2D eigenvalue weighted by molar-refractivity contribution is -0.137. The Balaban J connectivity index is 1.71. The minimum absolute atomic E-state index is 0.0256. The number of ether oxygens (including phenoxy) is 1. The van der Waals surface area contributed by atoms with Crippen LogP contribution in [0.5, 0.6) is 0 Å². The molecule has 2 saturated heterocycles. The molecule has 0 spiro atoms. The molecular formula is C14H22N4O2. The van der Waals surface area contributed by atoms with Crippen molar-refractivity contribution in [1.29, 1.82) is 0 Å². The molecular weight excluding hydrogens is 256 g/mol. The van der Waals surface area contributed by atoms with Gasteiger partial charge in [-0.15, -0.1) is 0 Å². The van der Waals surface area contributed by atoms with Crippen LogP contribution in [0.3, 0.4) is 0 Å². The van der Waals surface area contributed by atoms with Crippen LogP contribution >= 0.6 is 0 Å². The standard InChI is InChI=1S/C14H22N4O2/c1-17-6-5-16-14(17)12-10-15-4-7-18(12)13(19)9-11-3-2-8-20-11/h5-6,11-12,15H,2-4,7-10H2,1H3. The van der Waals surface area contributed by atoms with Gasteiger partial charge in [0.05, 0.1) is 12.5 Å². The molecule has 110 valence electrons. The summed E-state index contributed by atoms with van der Waals surface area (Å²) < 4.78 is 7.57. The Morgan fingerprint density at radius 2 is 2.50 bits per heavy atom. The van der Waals surface area contributed by atoms with Gasteiger partial charge in [0, 0.05) is 45.7 Å². The molecule has 0 saturated carbocycles. The zero-order valence-electron chi connectivity index (χ0n) is 11.9.